The van der Waals surface area contributed by atoms with Crippen LogP contribution in [0.2, 0.25) is 0 Å². The maximum Gasteiger partial charge on any atom is 0.137 e. The molecule has 0 atom stereocenters. The predicted octanol–water partition coefficient (Wildman–Crippen LogP) is 2.91. The highest BCUT2D eigenvalue weighted by atomic mass is 19.1. The summed E-state index contributed by atoms with van der Waals surface area (Å²) >= 11 is 0. The SMILES string of the molecule is Cc1cccc2nc(-c3ccc(F)cc3)c(CN)n12. The third kappa shape index (κ3) is 1.90. The highest BCUT2D eigenvalue weighted by Crippen LogP contribution is 2.25. The maximum absolute atomic E-state index is 13.0. The van der Waals surface area contributed by atoms with Crippen LogP contribution in [0.3, 0.4) is 0 Å². The van der Waals surface area contributed by atoms with Crippen LogP contribution in [0, 0.1) is 12.7 Å². The third-order valence-electron chi connectivity index (χ3n) is 3.25. The number of nitrogens with zero attached hydrogens (tertiary/aromatic N) is 2. The number of hydrogen-bond acceptors (Lipinski definition) is 2. The average molecular weight is 255 g/mol. The molecule has 96 valence electrons. The molecule has 0 saturated heterocycles. The molecule has 2 N–H and O–H groups in total. The summed E-state index contributed by atoms with van der Waals surface area (Å²) in [6.07, 6.45) is 0. The number of nitrogens with two attached hydrogens (primary N) is 1. The highest BCUT2D eigenvalue weighted by molar-refractivity contribution is 5.66. The molecule has 0 amide bonds. The van der Waals surface area contributed by atoms with Crippen LogP contribution in [0.15, 0.2) is 42.5 Å². The second kappa shape index (κ2) is 4.48. The van der Waals surface area contributed by atoms with Crippen molar-refractivity contribution in [3.8, 4) is 11.3 Å². The van der Waals surface area contributed by atoms with Crippen molar-refractivity contribution in [2.75, 3.05) is 0 Å². The van der Waals surface area contributed by atoms with Crippen molar-refractivity contribution >= 4 is 5.65 Å². The zero-order valence-electron chi connectivity index (χ0n) is 10.6. The Hall–Kier alpha value is -2.20. The number of aryl methyl sites for hydroxylation is 1. The lowest BCUT2D eigenvalue weighted by Crippen LogP contribution is -2.04. The number of rotatable bonds is 2. The molecular weight excluding hydrogens is 241 g/mol. The summed E-state index contributed by atoms with van der Waals surface area (Å²) in [5, 5.41) is 0. The van der Waals surface area contributed by atoms with Crippen molar-refractivity contribution in [1.29, 1.82) is 0 Å². The quantitative estimate of drug-likeness (QED) is 0.765. The molecule has 0 saturated carbocycles. The lowest BCUT2D eigenvalue weighted by atomic mass is 10.1. The monoisotopic (exact) mass is 255 g/mol. The van der Waals surface area contributed by atoms with Crippen LogP contribution >= 0.6 is 0 Å². The summed E-state index contributed by atoms with van der Waals surface area (Å²) in [6, 6.07) is 12.3. The normalized spacial score (nSPS) is 11.1. The molecule has 0 aliphatic heterocycles. The van der Waals surface area contributed by atoms with Gasteiger partial charge in [0.2, 0.25) is 0 Å². The highest BCUT2D eigenvalue weighted by Gasteiger charge is 2.13. The lowest BCUT2D eigenvalue weighted by Gasteiger charge is -2.05. The number of halogens is 1. The van der Waals surface area contributed by atoms with E-state index in [1.807, 2.05) is 29.5 Å². The molecule has 0 bridgehead atoms. The van der Waals surface area contributed by atoms with Gasteiger partial charge in [0, 0.05) is 17.8 Å². The molecule has 19 heavy (non-hydrogen) atoms. The van der Waals surface area contributed by atoms with E-state index in [9.17, 15) is 4.39 Å². The minimum absolute atomic E-state index is 0.252. The van der Waals surface area contributed by atoms with Gasteiger partial charge in [0.25, 0.3) is 0 Å². The molecule has 3 aromatic rings. The molecular formula is C15H14FN3. The van der Waals surface area contributed by atoms with E-state index in [0.717, 1.165) is 28.3 Å². The van der Waals surface area contributed by atoms with Gasteiger partial charge in [-0.15, -0.1) is 0 Å². The molecule has 0 radical (unpaired) electrons. The summed E-state index contributed by atoms with van der Waals surface area (Å²) in [7, 11) is 0. The zero-order chi connectivity index (χ0) is 13.4. The Morgan fingerprint density at radius 3 is 2.58 bits per heavy atom. The van der Waals surface area contributed by atoms with Gasteiger partial charge in [0.15, 0.2) is 0 Å². The standard InChI is InChI=1S/C15H14FN3/c1-10-3-2-4-14-18-15(13(9-17)19(10)14)11-5-7-12(16)8-6-11/h2-8H,9,17H2,1H3. The van der Waals surface area contributed by atoms with E-state index in [1.165, 1.54) is 12.1 Å². The fraction of sp³-hybridized carbons (Fsp3) is 0.133. The van der Waals surface area contributed by atoms with Crippen molar-refractivity contribution in [1.82, 2.24) is 9.38 Å². The van der Waals surface area contributed by atoms with Gasteiger partial charge in [0.05, 0.1) is 11.4 Å². The number of benzene rings is 1. The van der Waals surface area contributed by atoms with Crippen molar-refractivity contribution < 1.29 is 4.39 Å². The fourth-order valence-corrected chi connectivity index (χ4v) is 2.35. The summed E-state index contributed by atoms with van der Waals surface area (Å²) in [6.45, 7) is 2.40. The van der Waals surface area contributed by atoms with Crippen LogP contribution in [-0.4, -0.2) is 9.38 Å². The molecule has 0 unspecified atom stereocenters. The second-order valence-corrected chi connectivity index (χ2v) is 4.48. The molecule has 3 rings (SSSR count). The van der Waals surface area contributed by atoms with Gasteiger partial charge in [-0.2, -0.15) is 0 Å². The molecule has 1 aromatic carbocycles. The molecule has 0 fully saturated rings. The van der Waals surface area contributed by atoms with Crippen molar-refractivity contribution in [2.45, 2.75) is 13.5 Å². The largest absolute Gasteiger partial charge is 0.325 e. The van der Waals surface area contributed by atoms with Crippen molar-refractivity contribution in [3.05, 3.63) is 59.7 Å². The molecule has 0 aliphatic rings. The zero-order valence-corrected chi connectivity index (χ0v) is 10.6. The topological polar surface area (TPSA) is 43.3 Å². The minimum atomic E-state index is -0.252. The van der Waals surface area contributed by atoms with E-state index in [2.05, 4.69) is 4.98 Å². The number of aromatic nitrogens is 2. The van der Waals surface area contributed by atoms with Crippen LogP contribution in [-0.2, 0) is 6.54 Å². The second-order valence-electron chi connectivity index (χ2n) is 4.48. The first kappa shape index (κ1) is 11.9. The van der Waals surface area contributed by atoms with Crippen molar-refractivity contribution in [2.24, 2.45) is 5.73 Å². The lowest BCUT2D eigenvalue weighted by molar-refractivity contribution is 0.628. The maximum atomic E-state index is 13.0. The average Bonchev–Trinajstić information content (AvgIpc) is 2.79. The van der Waals surface area contributed by atoms with Gasteiger partial charge in [-0.1, -0.05) is 6.07 Å². The number of hydrogen-bond donors (Lipinski definition) is 1. The Morgan fingerprint density at radius 1 is 1.16 bits per heavy atom. The molecule has 4 heteroatoms. The summed E-state index contributed by atoms with van der Waals surface area (Å²) in [5.74, 6) is -0.252. The fourth-order valence-electron chi connectivity index (χ4n) is 2.35. The Bertz CT molecular complexity index is 729. The van der Waals surface area contributed by atoms with Crippen molar-refractivity contribution in [3.63, 3.8) is 0 Å². The third-order valence-corrected chi connectivity index (χ3v) is 3.25. The van der Waals surface area contributed by atoms with E-state index in [1.54, 1.807) is 12.1 Å². The van der Waals surface area contributed by atoms with Crippen LogP contribution < -0.4 is 5.73 Å². The van der Waals surface area contributed by atoms with Crippen LogP contribution in [0.1, 0.15) is 11.4 Å². The van der Waals surface area contributed by atoms with E-state index in [0.29, 0.717) is 6.54 Å². The van der Waals surface area contributed by atoms with Crippen LogP contribution in [0.25, 0.3) is 16.9 Å². The van der Waals surface area contributed by atoms with Crippen LogP contribution in [0.4, 0.5) is 4.39 Å². The first-order valence-electron chi connectivity index (χ1n) is 6.13. The van der Waals surface area contributed by atoms with Gasteiger partial charge in [-0.3, -0.25) is 4.40 Å². The first-order chi connectivity index (χ1) is 9.20. The molecule has 0 spiro atoms. The van der Waals surface area contributed by atoms with E-state index in [-0.39, 0.29) is 5.82 Å². The molecule has 2 aromatic heterocycles. The van der Waals surface area contributed by atoms with Gasteiger partial charge < -0.3 is 5.73 Å². The van der Waals surface area contributed by atoms with E-state index >= 15 is 0 Å². The van der Waals surface area contributed by atoms with Gasteiger partial charge in [-0.25, -0.2) is 9.37 Å². The Kier molecular flexibility index (Phi) is 2.80. The molecule has 2 heterocycles. The molecule has 0 aliphatic carbocycles. The number of fused-ring (bicyclic) bond motifs is 1. The summed E-state index contributed by atoms with van der Waals surface area (Å²) in [4.78, 5) is 4.60. The Balaban J connectivity index is 2.29. The van der Waals surface area contributed by atoms with E-state index in [4.69, 9.17) is 5.73 Å². The van der Waals surface area contributed by atoms with E-state index < -0.39 is 0 Å². The Morgan fingerprint density at radius 2 is 1.89 bits per heavy atom. The number of pyridine rings is 1. The van der Waals surface area contributed by atoms with Gasteiger partial charge >= 0.3 is 0 Å². The smallest absolute Gasteiger partial charge is 0.137 e. The minimum Gasteiger partial charge on any atom is -0.325 e. The number of imidazole rings is 1. The van der Waals surface area contributed by atoms with Gasteiger partial charge in [0.1, 0.15) is 11.5 Å². The van der Waals surface area contributed by atoms with Gasteiger partial charge in [-0.05, 0) is 43.3 Å². The Labute approximate surface area is 110 Å². The molecule has 3 nitrogen and oxygen atoms in total. The van der Waals surface area contributed by atoms with Crippen LogP contribution in [0.5, 0.6) is 0 Å². The summed E-state index contributed by atoms with van der Waals surface area (Å²) < 4.78 is 15.0. The summed E-state index contributed by atoms with van der Waals surface area (Å²) in [5.41, 5.74) is 10.4. The predicted molar refractivity (Wildman–Crippen MR) is 73.2 cm³/mol. The first-order valence-corrected chi connectivity index (χ1v) is 6.13.